The van der Waals surface area contributed by atoms with Crippen molar-refractivity contribution in [3.05, 3.63) is 126 Å². The van der Waals surface area contributed by atoms with Crippen LogP contribution in [-0.2, 0) is 0 Å². The van der Waals surface area contributed by atoms with Gasteiger partial charge in [-0.2, -0.15) is 0 Å². The van der Waals surface area contributed by atoms with E-state index in [1.54, 1.807) is 0 Å². The number of benzene rings is 3. The lowest BCUT2D eigenvalue weighted by molar-refractivity contribution is 0.658. The van der Waals surface area contributed by atoms with Gasteiger partial charge in [-0.25, -0.2) is 0 Å². The molecular formula is C33H40. The summed E-state index contributed by atoms with van der Waals surface area (Å²) in [7, 11) is 0. The SMILES string of the molecule is C=C(C)C(C)CC.Cc1ccc(-c2ccccc2)cc1.Cc1ccc(C2=CCCC=C2)cc1. The maximum Gasteiger partial charge on any atom is -0.0184 e. The molecule has 4 rings (SSSR count). The van der Waals surface area contributed by atoms with Crippen molar-refractivity contribution < 1.29 is 0 Å². The van der Waals surface area contributed by atoms with Crippen LogP contribution in [0.25, 0.3) is 16.7 Å². The summed E-state index contributed by atoms with van der Waals surface area (Å²) in [5.41, 5.74) is 9.19. The van der Waals surface area contributed by atoms with E-state index in [0.717, 1.165) is 0 Å². The zero-order valence-corrected chi connectivity index (χ0v) is 21.1. The van der Waals surface area contributed by atoms with E-state index in [-0.39, 0.29) is 0 Å². The molecule has 0 heteroatoms. The topological polar surface area (TPSA) is 0 Å². The molecule has 0 amide bonds. The number of rotatable bonds is 4. The molecule has 1 unspecified atom stereocenters. The number of allylic oxidation sites excluding steroid dienone is 5. The molecule has 0 nitrogen and oxygen atoms in total. The van der Waals surface area contributed by atoms with E-state index < -0.39 is 0 Å². The molecule has 1 atom stereocenters. The molecule has 0 saturated carbocycles. The number of aryl methyl sites for hydroxylation is 2. The second-order valence-electron chi connectivity index (χ2n) is 8.89. The third-order valence-corrected chi connectivity index (χ3v) is 5.99. The maximum absolute atomic E-state index is 3.83. The average molecular weight is 437 g/mol. The quantitative estimate of drug-likeness (QED) is 0.357. The Balaban J connectivity index is 0.000000185. The van der Waals surface area contributed by atoms with Crippen LogP contribution in [0.5, 0.6) is 0 Å². The van der Waals surface area contributed by atoms with Crippen LogP contribution >= 0.6 is 0 Å². The Labute approximate surface area is 202 Å². The molecule has 3 aromatic rings. The van der Waals surface area contributed by atoms with Gasteiger partial charge < -0.3 is 0 Å². The molecule has 0 saturated heterocycles. The van der Waals surface area contributed by atoms with Crippen molar-refractivity contribution in [1.82, 2.24) is 0 Å². The second kappa shape index (κ2) is 14.1. The van der Waals surface area contributed by atoms with Crippen molar-refractivity contribution in [2.24, 2.45) is 5.92 Å². The van der Waals surface area contributed by atoms with Crippen molar-refractivity contribution in [2.45, 2.75) is 53.9 Å². The van der Waals surface area contributed by atoms with Gasteiger partial charge in [0.25, 0.3) is 0 Å². The molecule has 0 heterocycles. The van der Waals surface area contributed by atoms with Crippen LogP contribution in [0.2, 0.25) is 0 Å². The molecule has 0 fully saturated rings. The molecule has 1 aliphatic carbocycles. The monoisotopic (exact) mass is 436 g/mol. The van der Waals surface area contributed by atoms with Crippen LogP contribution in [0.3, 0.4) is 0 Å². The summed E-state index contributed by atoms with van der Waals surface area (Å²) in [5.74, 6) is 0.708. The Kier molecular flexibility index (Phi) is 11.2. The highest BCUT2D eigenvalue weighted by molar-refractivity contribution is 5.74. The third kappa shape index (κ3) is 9.49. The van der Waals surface area contributed by atoms with Gasteiger partial charge in [0.05, 0.1) is 0 Å². The van der Waals surface area contributed by atoms with E-state index >= 15 is 0 Å². The average Bonchev–Trinajstić information content (AvgIpc) is 2.86. The van der Waals surface area contributed by atoms with Crippen LogP contribution in [0.15, 0.2) is 109 Å². The molecule has 172 valence electrons. The van der Waals surface area contributed by atoms with Gasteiger partial charge in [0.15, 0.2) is 0 Å². The minimum Gasteiger partial charge on any atom is -0.0999 e. The number of hydrogen-bond donors (Lipinski definition) is 0. The van der Waals surface area contributed by atoms with E-state index in [1.807, 2.05) is 6.07 Å². The summed E-state index contributed by atoms with van der Waals surface area (Å²) >= 11 is 0. The highest BCUT2D eigenvalue weighted by Gasteiger charge is 1.99. The van der Waals surface area contributed by atoms with Gasteiger partial charge in [-0.1, -0.05) is 134 Å². The van der Waals surface area contributed by atoms with Gasteiger partial charge in [0.1, 0.15) is 0 Å². The van der Waals surface area contributed by atoms with Crippen LogP contribution in [0.4, 0.5) is 0 Å². The molecular weight excluding hydrogens is 396 g/mol. The highest BCUT2D eigenvalue weighted by atomic mass is 14.0. The van der Waals surface area contributed by atoms with Crippen molar-refractivity contribution in [1.29, 1.82) is 0 Å². The fourth-order valence-corrected chi connectivity index (χ4v) is 3.30. The van der Waals surface area contributed by atoms with Gasteiger partial charge in [-0.05, 0) is 68.2 Å². The summed E-state index contributed by atoms with van der Waals surface area (Å²) in [6, 6.07) is 27.7. The van der Waals surface area contributed by atoms with Crippen molar-refractivity contribution in [3.8, 4) is 11.1 Å². The molecule has 0 aliphatic heterocycles. The van der Waals surface area contributed by atoms with Crippen molar-refractivity contribution >= 4 is 5.57 Å². The first-order chi connectivity index (χ1) is 15.9. The molecule has 3 aromatic carbocycles. The largest absolute Gasteiger partial charge is 0.0999 e. The lowest BCUT2D eigenvalue weighted by atomic mass is 9.99. The summed E-state index contributed by atoms with van der Waals surface area (Å²) in [5, 5.41) is 0. The predicted octanol–water partition coefficient (Wildman–Crippen LogP) is 10.00. The van der Waals surface area contributed by atoms with Crippen LogP contribution < -0.4 is 0 Å². The molecule has 0 spiro atoms. The van der Waals surface area contributed by atoms with Gasteiger partial charge >= 0.3 is 0 Å². The summed E-state index contributed by atoms with van der Waals surface area (Å²) in [4.78, 5) is 0. The van der Waals surface area contributed by atoms with Gasteiger partial charge in [-0.15, -0.1) is 0 Å². The Morgan fingerprint density at radius 3 is 1.70 bits per heavy atom. The molecule has 0 N–H and O–H groups in total. The smallest absolute Gasteiger partial charge is 0.0184 e. The van der Waals surface area contributed by atoms with E-state index in [4.69, 9.17) is 0 Å². The minimum absolute atomic E-state index is 0.708. The van der Waals surface area contributed by atoms with Gasteiger partial charge in [-0.3, -0.25) is 0 Å². The third-order valence-electron chi connectivity index (χ3n) is 5.99. The van der Waals surface area contributed by atoms with Crippen LogP contribution in [-0.4, -0.2) is 0 Å². The van der Waals surface area contributed by atoms with Crippen LogP contribution in [0, 0.1) is 19.8 Å². The van der Waals surface area contributed by atoms with E-state index in [1.165, 1.54) is 58.2 Å². The van der Waals surface area contributed by atoms with Crippen LogP contribution in [0.1, 0.15) is 56.7 Å². The zero-order chi connectivity index (χ0) is 24.1. The van der Waals surface area contributed by atoms with E-state index in [2.05, 4.69) is 132 Å². The Morgan fingerprint density at radius 2 is 1.27 bits per heavy atom. The second-order valence-corrected chi connectivity index (χ2v) is 8.89. The Hall–Kier alpha value is -3.12. The summed E-state index contributed by atoms with van der Waals surface area (Å²) < 4.78 is 0. The van der Waals surface area contributed by atoms with E-state index in [9.17, 15) is 0 Å². The normalized spacial score (nSPS) is 12.9. The van der Waals surface area contributed by atoms with Crippen molar-refractivity contribution in [3.63, 3.8) is 0 Å². The van der Waals surface area contributed by atoms with Crippen molar-refractivity contribution in [2.75, 3.05) is 0 Å². The first kappa shape index (κ1) is 26.1. The fourth-order valence-electron chi connectivity index (χ4n) is 3.30. The minimum atomic E-state index is 0.708. The summed E-state index contributed by atoms with van der Waals surface area (Å²) in [6.45, 7) is 14.5. The first-order valence-electron chi connectivity index (χ1n) is 12.1. The summed E-state index contributed by atoms with van der Waals surface area (Å²) in [6.07, 6.45) is 10.4. The lowest BCUT2D eigenvalue weighted by Crippen LogP contribution is -1.89. The van der Waals surface area contributed by atoms with Gasteiger partial charge in [0, 0.05) is 0 Å². The fraction of sp³-hybridized carbons (Fsp3) is 0.273. The Bertz CT molecular complexity index is 1020. The standard InChI is InChI=1S/C13H14.C13H12.C7H14/c2*1-11-7-9-13(10-8-11)12-5-3-2-4-6-12;1-5-7(4)6(2)3/h3,5-10H,2,4H2,1H3;2-10H,1H3;7H,2,5H2,1,3-4H3. The Morgan fingerprint density at radius 1 is 0.758 bits per heavy atom. The molecule has 0 aromatic heterocycles. The predicted molar refractivity (Wildman–Crippen MR) is 148 cm³/mol. The molecule has 33 heavy (non-hydrogen) atoms. The van der Waals surface area contributed by atoms with E-state index in [0.29, 0.717) is 5.92 Å². The van der Waals surface area contributed by atoms with Gasteiger partial charge in [0.2, 0.25) is 0 Å². The lowest BCUT2D eigenvalue weighted by Gasteiger charge is -2.06. The molecule has 1 aliphatic rings. The molecule has 0 bridgehead atoms. The number of hydrogen-bond acceptors (Lipinski definition) is 0. The molecule has 0 radical (unpaired) electrons. The highest BCUT2D eigenvalue weighted by Crippen LogP contribution is 2.21. The first-order valence-corrected chi connectivity index (χ1v) is 12.1. The zero-order valence-electron chi connectivity index (χ0n) is 21.1. The maximum atomic E-state index is 3.83.